The van der Waals surface area contributed by atoms with Crippen LogP contribution in [0.2, 0.25) is 0 Å². The van der Waals surface area contributed by atoms with Gasteiger partial charge in [-0.05, 0) is 50.5 Å². The molecular formula is C26H33IN4O3. The number of aryl methyl sites for hydroxylation is 1. The number of guanidine groups is 1. The van der Waals surface area contributed by atoms with E-state index < -0.39 is 0 Å². The minimum Gasteiger partial charge on any atom is -0.459 e. The van der Waals surface area contributed by atoms with Crippen molar-refractivity contribution in [2.24, 2.45) is 4.99 Å². The van der Waals surface area contributed by atoms with Gasteiger partial charge in [0, 0.05) is 36.2 Å². The maximum atomic E-state index is 12.5. The fraction of sp³-hybridized carbons (Fsp3) is 0.385. The maximum Gasteiger partial charge on any atom is 0.251 e. The molecule has 1 fully saturated rings. The molecule has 0 aliphatic carbocycles. The van der Waals surface area contributed by atoms with Crippen molar-refractivity contribution in [3.63, 3.8) is 0 Å². The van der Waals surface area contributed by atoms with E-state index in [0.717, 1.165) is 53.8 Å². The van der Waals surface area contributed by atoms with Gasteiger partial charge in [0.15, 0.2) is 5.96 Å². The Morgan fingerprint density at radius 1 is 1.12 bits per heavy atom. The van der Waals surface area contributed by atoms with Gasteiger partial charge in [-0.3, -0.25) is 4.79 Å². The van der Waals surface area contributed by atoms with E-state index in [1.54, 1.807) is 0 Å². The van der Waals surface area contributed by atoms with Crippen molar-refractivity contribution in [3.05, 3.63) is 71.0 Å². The molecule has 4 rings (SSSR count). The molecule has 0 bridgehead atoms. The first kappa shape index (κ1) is 26.0. The topological polar surface area (TPSA) is 87.9 Å². The fourth-order valence-corrected chi connectivity index (χ4v) is 3.99. The number of halogens is 1. The van der Waals surface area contributed by atoms with Crippen molar-refractivity contribution < 1.29 is 13.9 Å². The van der Waals surface area contributed by atoms with Crippen molar-refractivity contribution in [1.82, 2.24) is 16.0 Å². The molecule has 0 spiro atoms. The highest BCUT2D eigenvalue weighted by molar-refractivity contribution is 14.0. The highest BCUT2D eigenvalue weighted by Crippen LogP contribution is 2.24. The lowest BCUT2D eigenvalue weighted by molar-refractivity contribution is 0.0857. The first-order chi connectivity index (χ1) is 16.1. The van der Waals surface area contributed by atoms with Crippen molar-refractivity contribution in [2.75, 3.05) is 19.7 Å². The highest BCUT2D eigenvalue weighted by Gasteiger charge is 2.17. The number of hydrogen-bond donors (Lipinski definition) is 3. The minimum atomic E-state index is -0.0817. The first-order valence-electron chi connectivity index (χ1n) is 11.6. The van der Waals surface area contributed by atoms with Gasteiger partial charge in [0.25, 0.3) is 5.91 Å². The smallest absolute Gasteiger partial charge is 0.251 e. The number of nitrogens with one attached hydrogen (secondary N) is 3. The van der Waals surface area contributed by atoms with Gasteiger partial charge in [-0.1, -0.05) is 30.3 Å². The zero-order valence-corrected chi connectivity index (χ0v) is 22.1. The van der Waals surface area contributed by atoms with Gasteiger partial charge in [-0.2, -0.15) is 0 Å². The number of carbonyl (C=O) groups is 1. The number of carbonyl (C=O) groups excluding carboxylic acids is 1. The summed E-state index contributed by atoms with van der Waals surface area (Å²) in [5, 5.41) is 10.7. The molecule has 1 amide bonds. The Bertz CT molecular complexity index is 1120. The molecule has 1 unspecified atom stereocenters. The fourth-order valence-electron chi connectivity index (χ4n) is 3.99. The predicted octanol–water partition coefficient (Wildman–Crippen LogP) is 4.52. The molecule has 7 nitrogen and oxygen atoms in total. The number of benzene rings is 2. The van der Waals surface area contributed by atoms with Crippen LogP contribution < -0.4 is 16.0 Å². The molecule has 0 saturated carbocycles. The average Bonchev–Trinajstić information content (AvgIpc) is 3.47. The second-order valence-corrected chi connectivity index (χ2v) is 8.24. The minimum absolute atomic E-state index is 0. The summed E-state index contributed by atoms with van der Waals surface area (Å²) in [4.78, 5) is 17.2. The average molecular weight is 576 g/mol. The number of amides is 1. The van der Waals surface area contributed by atoms with E-state index in [-0.39, 0.29) is 36.0 Å². The monoisotopic (exact) mass is 576 g/mol. The highest BCUT2D eigenvalue weighted by atomic mass is 127. The summed E-state index contributed by atoms with van der Waals surface area (Å²) in [6.45, 7) is 7.18. The number of hydrogen-bond acceptors (Lipinski definition) is 4. The Hall–Kier alpha value is -2.59. The quantitative estimate of drug-likeness (QED) is 0.209. The summed E-state index contributed by atoms with van der Waals surface area (Å²) in [5.74, 6) is 1.51. The Morgan fingerprint density at radius 2 is 1.97 bits per heavy atom. The van der Waals surface area contributed by atoms with E-state index in [4.69, 9.17) is 14.1 Å². The predicted molar refractivity (Wildman–Crippen MR) is 146 cm³/mol. The van der Waals surface area contributed by atoms with Gasteiger partial charge in [0.05, 0.1) is 19.2 Å². The van der Waals surface area contributed by atoms with Crippen LogP contribution in [0.15, 0.2) is 57.9 Å². The molecule has 34 heavy (non-hydrogen) atoms. The molecule has 1 aromatic heterocycles. The number of furan rings is 1. The van der Waals surface area contributed by atoms with Crippen molar-refractivity contribution in [1.29, 1.82) is 0 Å². The molecule has 1 aliphatic rings. The van der Waals surface area contributed by atoms with Gasteiger partial charge in [0.2, 0.25) is 0 Å². The van der Waals surface area contributed by atoms with E-state index in [0.29, 0.717) is 31.2 Å². The zero-order chi connectivity index (χ0) is 23.0. The molecule has 2 heterocycles. The van der Waals surface area contributed by atoms with Crippen molar-refractivity contribution >= 4 is 46.8 Å². The molecule has 3 aromatic rings. The molecule has 1 saturated heterocycles. The molecule has 0 radical (unpaired) electrons. The summed E-state index contributed by atoms with van der Waals surface area (Å²) in [6.07, 6.45) is 2.19. The van der Waals surface area contributed by atoms with Crippen LogP contribution in [0.5, 0.6) is 0 Å². The molecule has 8 heteroatoms. The third kappa shape index (κ3) is 6.73. The Labute approximate surface area is 217 Å². The Morgan fingerprint density at radius 3 is 2.74 bits per heavy atom. The van der Waals surface area contributed by atoms with E-state index in [1.807, 2.05) is 49.4 Å². The first-order valence-corrected chi connectivity index (χ1v) is 11.6. The van der Waals surface area contributed by atoms with Crippen LogP contribution in [-0.4, -0.2) is 37.7 Å². The van der Waals surface area contributed by atoms with Crippen LogP contribution >= 0.6 is 24.0 Å². The summed E-state index contributed by atoms with van der Waals surface area (Å²) in [7, 11) is 0. The molecule has 2 aromatic carbocycles. The third-order valence-corrected chi connectivity index (χ3v) is 5.83. The summed E-state index contributed by atoms with van der Waals surface area (Å²) in [6, 6.07) is 15.6. The van der Waals surface area contributed by atoms with Crippen LogP contribution in [0, 0.1) is 6.92 Å². The van der Waals surface area contributed by atoms with E-state index in [1.165, 1.54) is 0 Å². The lowest BCUT2D eigenvalue weighted by atomic mass is 10.1. The van der Waals surface area contributed by atoms with Gasteiger partial charge in [0.1, 0.15) is 11.3 Å². The lowest BCUT2D eigenvalue weighted by Crippen LogP contribution is -2.36. The van der Waals surface area contributed by atoms with Gasteiger partial charge in [-0.15, -0.1) is 24.0 Å². The third-order valence-electron chi connectivity index (χ3n) is 5.83. The molecule has 1 atom stereocenters. The summed E-state index contributed by atoms with van der Waals surface area (Å²) in [5.41, 5.74) is 3.63. The Balaban J connectivity index is 0.00000324. The standard InChI is InChI=1S/C26H32N4O3.HI/c1-3-27-26(30-17-24-18(2)22-11-4-5-12-23(22)33-24)29-15-19-8-6-9-20(14-19)25(31)28-16-21-10-7-13-32-21;/h4-6,8-9,11-12,14,21H,3,7,10,13,15-17H2,1-2H3,(H,28,31)(H2,27,29,30);1H. The number of para-hydroxylation sites is 1. The molecule has 3 N–H and O–H groups in total. The van der Waals surface area contributed by atoms with E-state index in [9.17, 15) is 4.79 Å². The van der Waals surface area contributed by atoms with Crippen LogP contribution in [-0.2, 0) is 17.8 Å². The lowest BCUT2D eigenvalue weighted by Gasteiger charge is -2.12. The maximum absolute atomic E-state index is 12.5. The van der Waals surface area contributed by atoms with Gasteiger partial charge in [-0.25, -0.2) is 4.99 Å². The second kappa shape index (κ2) is 12.8. The number of fused-ring (bicyclic) bond motifs is 1. The number of nitrogens with zero attached hydrogens (tertiary/aromatic N) is 1. The van der Waals surface area contributed by atoms with Crippen LogP contribution in [0.25, 0.3) is 11.0 Å². The zero-order valence-electron chi connectivity index (χ0n) is 19.7. The molecular weight excluding hydrogens is 543 g/mol. The van der Waals surface area contributed by atoms with Crippen molar-refractivity contribution in [2.45, 2.75) is 45.9 Å². The van der Waals surface area contributed by atoms with E-state index in [2.05, 4.69) is 28.9 Å². The van der Waals surface area contributed by atoms with Crippen LogP contribution in [0.4, 0.5) is 0 Å². The van der Waals surface area contributed by atoms with Crippen LogP contribution in [0.3, 0.4) is 0 Å². The summed E-state index contributed by atoms with van der Waals surface area (Å²) < 4.78 is 11.6. The van der Waals surface area contributed by atoms with Gasteiger partial charge >= 0.3 is 0 Å². The van der Waals surface area contributed by atoms with Crippen molar-refractivity contribution in [3.8, 4) is 0 Å². The Kier molecular flexibility index (Phi) is 9.76. The summed E-state index contributed by atoms with van der Waals surface area (Å²) >= 11 is 0. The molecule has 1 aliphatic heterocycles. The number of aliphatic imine (C=N–C) groups is 1. The second-order valence-electron chi connectivity index (χ2n) is 8.24. The largest absolute Gasteiger partial charge is 0.459 e. The number of ether oxygens (including phenoxy) is 1. The van der Waals surface area contributed by atoms with E-state index >= 15 is 0 Å². The van der Waals surface area contributed by atoms with Gasteiger partial charge < -0.3 is 25.1 Å². The molecule has 182 valence electrons. The SMILES string of the molecule is CCNC(=NCc1cccc(C(=O)NCC2CCCO2)c1)NCc1oc2ccccc2c1C.I. The van der Waals surface area contributed by atoms with Crippen LogP contribution in [0.1, 0.15) is 47.0 Å². The normalized spacial score (nSPS) is 15.7. The number of rotatable bonds is 8.